The van der Waals surface area contributed by atoms with Gasteiger partial charge in [-0.05, 0) is 36.8 Å². The molecule has 7 heteroatoms. The number of aromatic nitrogens is 1. The molecule has 0 radical (unpaired) electrons. The lowest BCUT2D eigenvalue weighted by Crippen LogP contribution is -2.53. The molecule has 0 bridgehead atoms. The van der Waals surface area contributed by atoms with E-state index in [0.717, 1.165) is 28.2 Å². The topological polar surface area (TPSA) is 74.3 Å². The molecular weight excluding hydrogens is 372 g/mol. The Kier molecular flexibility index (Phi) is 5.36. The van der Waals surface area contributed by atoms with Gasteiger partial charge in [-0.1, -0.05) is 24.3 Å². The van der Waals surface area contributed by atoms with Gasteiger partial charge in [0, 0.05) is 25.2 Å². The zero-order valence-corrected chi connectivity index (χ0v) is 16.5. The van der Waals surface area contributed by atoms with Gasteiger partial charge in [-0.25, -0.2) is 4.98 Å². The van der Waals surface area contributed by atoms with Gasteiger partial charge in [0.2, 0.25) is 11.8 Å². The minimum atomic E-state index is -0.353. The molecule has 2 heterocycles. The van der Waals surface area contributed by atoms with E-state index in [9.17, 15) is 9.59 Å². The number of nitrogens with zero attached hydrogens (tertiary/aromatic N) is 2. The van der Waals surface area contributed by atoms with Crippen LogP contribution < -0.4 is 10.6 Å². The van der Waals surface area contributed by atoms with E-state index in [4.69, 9.17) is 0 Å². The monoisotopic (exact) mass is 394 g/mol. The predicted molar refractivity (Wildman–Crippen MR) is 112 cm³/mol. The Labute approximate surface area is 167 Å². The first-order valence-corrected chi connectivity index (χ1v) is 10.1. The van der Waals surface area contributed by atoms with Gasteiger partial charge in [0.1, 0.15) is 0 Å². The summed E-state index contributed by atoms with van der Waals surface area (Å²) in [5.41, 5.74) is 2.94. The number of fused-ring (bicyclic) bond motifs is 1. The Morgan fingerprint density at radius 1 is 1.25 bits per heavy atom. The fraction of sp³-hybridized carbons (Fsp3) is 0.286. The molecule has 1 aromatic heterocycles. The Balaban J connectivity index is 1.37. The molecule has 2 aromatic carbocycles. The van der Waals surface area contributed by atoms with Gasteiger partial charge in [-0.3, -0.25) is 14.5 Å². The van der Waals surface area contributed by atoms with Crippen LogP contribution in [0.4, 0.5) is 5.69 Å². The summed E-state index contributed by atoms with van der Waals surface area (Å²) in [6.45, 7) is 3.35. The molecule has 2 amide bonds. The third kappa shape index (κ3) is 4.21. The van der Waals surface area contributed by atoms with Gasteiger partial charge < -0.3 is 10.6 Å². The van der Waals surface area contributed by atoms with Crippen LogP contribution in [-0.4, -0.2) is 47.4 Å². The van der Waals surface area contributed by atoms with E-state index >= 15 is 0 Å². The Bertz CT molecular complexity index is 966. The van der Waals surface area contributed by atoms with Crippen molar-refractivity contribution in [3.05, 3.63) is 59.1 Å². The van der Waals surface area contributed by atoms with Crippen molar-refractivity contribution in [1.29, 1.82) is 0 Å². The number of benzene rings is 2. The number of thiazole rings is 1. The number of carbonyl (C=O) groups is 2. The highest BCUT2D eigenvalue weighted by Gasteiger charge is 2.25. The van der Waals surface area contributed by atoms with Crippen molar-refractivity contribution in [2.24, 2.45) is 0 Å². The second-order valence-corrected chi connectivity index (χ2v) is 8.05. The zero-order chi connectivity index (χ0) is 19.5. The van der Waals surface area contributed by atoms with Crippen LogP contribution in [0.2, 0.25) is 0 Å². The van der Waals surface area contributed by atoms with Crippen molar-refractivity contribution >= 4 is 39.1 Å². The third-order valence-electron chi connectivity index (χ3n) is 4.91. The van der Waals surface area contributed by atoms with Crippen LogP contribution in [0.25, 0.3) is 10.2 Å². The first-order chi connectivity index (χ1) is 13.6. The molecule has 2 N–H and O–H groups in total. The summed E-state index contributed by atoms with van der Waals surface area (Å²) in [6.07, 6.45) is 0.771. The number of carbonyl (C=O) groups excluding carboxylic acids is 2. The van der Waals surface area contributed by atoms with Crippen LogP contribution in [0.3, 0.4) is 0 Å². The van der Waals surface area contributed by atoms with E-state index in [0.29, 0.717) is 13.1 Å². The molecule has 0 unspecified atom stereocenters. The fourth-order valence-corrected chi connectivity index (χ4v) is 4.28. The minimum absolute atomic E-state index is 0.0369. The lowest BCUT2D eigenvalue weighted by atomic mass is 10.1. The molecule has 4 rings (SSSR count). The summed E-state index contributed by atoms with van der Waals surface area (Å²) in [7, 11) is 0. The zero-order valence-electron chi connectivity index (χ0n) is 15.6. The molecule has 6 nitrogen and oxygen atoms in total. The van der Waals surface area contributed by atoms with Crippen LogP contribution in [0.5, 0.6) is 0 Å². The minimum Gasteiger partial charge on any atom is -0.354 e. The number of para-hydroxylation sites is 1. The van der Waals surface area contributed by atoms with Crippen molar-refractivity contribution in [2.45, 2.75) is 19.4 Å². The summed E-state index contributed by atoms with van der Waals surface area (Å²) in [6, 6.07) is 15.6. The number of hydrogen-bond acceptors (Lipinski definition) is 5. The molecule has 144 valence electrons. The second-order valence-electron chi connectivity index (χ2n) is 6.93. The first kappa shape index (κ1) is 18.6. The summed E-state index contributed by atoms with van der Waals surface area (Å²) in [4.78, 5) is 30.6. The summed E-state index contributed by atoms with van der Waals surface area (Å²) in [5, 5.41) is 6.79. The quantitative estimate of drug-likeness (QED) is 0.698. The molecule has 28 heavy (non-hydrogen) atoms. The van der Waals surface area contributed by atoms with Gasteiger partial charge in [0.25, 0.3) is 0 Å². The fourth-order valence-electron chi connectivity index (χ4n) is 3.28. The average molecular weight is 395 g/mol. The highest BCUT2D eigenvalue weighted by molar-refractivity contribution is 7.18. The van der Waals surface area contributed by atoms with Crippen LogP contribution in [0, 0.1) is 0 Å². The number of hydrogen-bond donors (Lipinski definition) is 2. The number of rotatable bonds is 5. The van der Waals surface area contributed by atoms with Crippen molar-refractivity contribution < 1.29 is 9.59 Å². The first-order valence-electron chi connectivity index (χ1n) is 9.33. The van der Waals surface area contributed by atoms with Crippen molar-refractivity contribution in [3.8, 4) is 0 Å². The normalized spacial score (nSPS) is 16.0. The maximum absolute atomic E-state index is 12.5. The molecule has 1 atom stereocenters. The second kappa shape index (κ2) is 8.08. The molecule has 0 spiro atoms. The predicted octanol–water partition coefficient (Wildman–Crippen LogP) is 2.65. The van der Waals surface area contributed by atoms with E-state index in [2.05, 4.69) is 21.7 Å². The van der Waals surface area contributed by atoms with Crippen molar-refractivity contribution in [2.75, 3.05) is 25.0 Å². The largest absolute Gasteiger partial charge is 0.354 e. The molecule has 1 aliphatic heterocycles. The number of amides is 2. The highest BCUT2D eigenvalue weighted by Crippen LogP contribution is 2.24. The lowest BCUT2D eigenvalue weighted by Gasteiger charge is -2.31. The van der Waals surface area contributed by atoms with E-state index in [1.54, 1.807) is 11.3 Å². The van der Waals surface area contributed by atoms with Crippen LogP contribution in [0.15, 0.2) is 48.5 Å². The van der Waals surface area contributed by atoms with Gasteiger partial charge in [-0.15, -0.1) is 11.3 Å². The molecule has 3 aromatic rings. The number of nitrogens with one attached hydrogen (secondary N) is 2. The van der Waals surface area contributed by atoms with E-state index < -0.39 is 0 Å². The smallest absolute Gasteiger partial charge is 0.241 e. The Hall–Kier alpha value is -2.77. The Morgan fingerprint density at radius 3 is 2.79 bits per heavy atom. The molecule has 1 saturated heterocycles. The van der Waals surface area contributed by atoms with Gasteiger partial charge in [-0.2, -0.15) is 0 Å². The Morgan fingerprint density at radius 2 is 2.04 bits per heavy atom. The average Bonchev–Trinajstić information content (AvgIpc) is 3.11. The van der Waals surface area contributed by atoms with Gasteiger partial charge in [0.05, 0.1) is 27.8 Å². The van der Waals surface area contributed by atoms with E-state index in [1.165, 1.54) is 4.70 Å². The number of anilines is 1. The SMILES string of the molecule is C[C@H](C(=O)Nc1ccc(Cc2nc3ccccc3s2)cc1)N1CCNC(=O)C1. The molecular formula is C21H22N4O2S. The van der Waals surface area contributed by atoms with E-state index in [-0.39, 0.29) is 24.4 Å². The standard InChI is InChI=1S/C21H22N4O2S/c1-14(25-11-10-22-19(26)13-25)21(27)23-16-8-6-15(7-9-16)12-20-24-17-4-2-3-5-18(17)28-20/h2-9,14H,10-13H2,1H3,(H,22,26)(H,23,27)/t14-/m1/s1. The maximum Gasteiger partial charge on any atom is 0.241 e. The van der Waals surface area contributed by atoms with Crippen molar-refractivity contribution in [3.63, 3.8) is 0 Å². The third-order valence-corrected chi connectivity index (χ3v) is 5.95. The van der Waals surface area contributed by atoms with Gasteiger partial charge in [0.15, 0.2) is 0 Å². The lowest BCUT2D eigenvalue weighted by molar-refractivity contribution is -0.127. The molecule has 0 saturated carbocycles. The molecule has 0 aliphatic carbocycles. The summed E-state index contributed by atoms with van der Waals surface area (Å²) >= 11 is 1.71. The summed E-state index contributed by atoms with van der Waals surface area (Å²) in [5.74, 6) is -0.140. The van der Waals surface area contributed by atoms with Gasteiger partial charge >= 0.3 is 0 Å². The maximum atomic E-state index is 12.5. The molecule has 1 aliphatic rings. The van der Waals surface area contributed by atoms with Crippen LogP contribution >= 0.6 is 11.3 Å². The summed E-state index contributed by atoms with van der Waals surface area (Å²) < 4.78 is 1.20. The van der Waals surface area contributed by atoms with E-state index in [1.807, 2.05) is 54.3 Å². The van der Waals surface area contributed by atoms with Crippen molar-refractivity contribution in [1.82, 2.24) is 15.2 Å². The highest BCUT2D eigenvalue weighted by atomic mass is 32.1. The van der Waals surface area contributed by atoms with Crippen LogP contribution in [-0.2, 0) is 16.0 Å². The number of piperazine rings is 1. The van der Waals surface area contributed by atoms with Crippen LogP contribution in [0.1, 0.15) is 17.5 Å². The molecule has 1 fully saturated rings.